The van der Waals surface area contributed by atoms with Crippen molar-refractivity contribution >= 4 is 6.08 Å². The summed E-state index contributed by atoms with van der Waals surface area (Å²) in [6.45, 7) is 14.5. The van der Waals surface area contributed by atoms with Gasteiger partial charge in [0.05, 0.1) is 7.11 Å². The van der Waals surface area contributed by atoms with E-state index in [9.17, 15) is 0 Å². The molecular formula is C50H75N3O3. The Balaban J connectivity index is 0.000000634. The largest absolute Gasteiger partial charge is 0.431 e. The SMILES string of the molecule is C1CC2C3CCC(C3)C2C1.CC.CC.CC.CC1CC2C3CCC(C3)C2C1.CN=C=O.COC#N.N#COc1ccccc1.c1ccccc1.c1ccccc1. The number of hydrogen-bond acceptors (Lipinski definition) is 6. The van der Waals surface area contributed by atoms with E-state index in [1.165, 1.54) is 73.8 Å². The van der Waals surface area contributed by atoms with Gasteiger partial charge in [0.15, 0.2) is 0 Å². The Morgan fingerprint density at radius 1 is 0.536 bits per heavy atom. The number of fused-ring (bicyclic) bond motifs is 10. The molecule has 6 fully saturated rings. The third kappa shape index (κ3) is 20.0. The van der Waals surface area contributed by atoms with E-state index in [-0.39, 0.29) is 0 Å². The lowest BCUT2D eigenvalue weighted by molar-refractivity contribution is 0.259. The van der Waals surface area contributed by atoms with E-state index in [1.807, 2.05) is 133 Å². The van der Waals surface area contributed by atoms with E-state index in [0.29, 0.717) is 5.75 Å². The van der Waals surface area contributed by atoms with Gasteiger partial charge in [-0.05, 0) is 130 Å². The number of isocyanates is 1. The van der Waals surface area contributed by atoms with Crippen LogP contribution in [0, 0.1) is 76.3 Å². The van der Waals surface area contributed by atoms with Crippen LogP contribution >= 0.6 is 0 Å². The third-order valence-electron chi connectivity index (χ3n) is 11.4. The lowest BCUT2D eigenvalue weighted by Gasteiger charge is -2.23. The zero-order chi connectivity index (χ0) is 41.8. The van der Waals surface area contributed by atoms with Gasteiger partial charge in [0, 0.05) is 7.05 Å². The van der Waals surface area contributed by atoms with E-state index in [2.05, 4.69) is 21.4 Å². The molecule has 0 N–H and O–H groups in total. The average Bonchev–Trinajstić information content (AvgIpc) is 4.16. The molecule has 0 aliphatic heterocycles. The van der Waals surface area contributed by atoms with Crippen LogP contribution in [0.3, 0.4) is 0 Å². The molecule has 0 aromatic heterocycles. The van der Waals surface area contributed by atoms with Gasteiger partial charge in [0.25, 0.3) is 12.5 Å². The van der Waals surface area contributed by atoms with Gasteiger partial charge < -0.3 is 9.47 Å². The summed E-state index contributed by atoms with van der Waals surface area (Å²) in [5, 5.41) is 15.5. The van der Waals surface area contributed by atoms with Gasteiger partial charge in [-0.3, -0.25) is 0 Å². The number of nitriles is 2. The molecule has 0 amide bonds. The first-order valence-electron chi connectivity index (χ1n) is 21.5. The Morgan fingerprint density at radius 2 is 0.839 bits per heavy atom. The number of para-hydroxylation sites is 1. The summed E-state index contributed by atoms with van der Waals surface area (Å²) in [5.74, 6) is 11.2. The molecule has 6 aliphatic carbocycles. The van der Waals surface area contributed by atoms with Crippen molar-refractivity contribution in [1.29, 1.82) is 10.5 Å². The molecule has 6 saturated carbocycles. The zero-order valence-electron chi connectivity index (χ0n) is 36.4. The normalized spacial score (nSPS) is 26.0. The van der Waals surface area contributed by atoms with Gasteiger partial charge in [-0.25, -0.2) is 9.79 Å². The number of benzene rings is 3. The van der Waals surface area contributed by atoms with Gasteiger partial charge >= 0.3 is 0 Å². The van der Waals surface area contributed by atoms with Crippen molar-refractivity contribution < 1.29 is 14.3 Å². The molecule has 0 saturated heterocycles. The second-order valence-corrected chi connectivity index (χ2v) is 14.3. The number of methoxy groups -OCH3 is 1. The number of nitrogens with zero attached hydrogens (tertiary/aromatic N) is 3. The molecule has 4 bridgehead atoms. The van der Waals surface area contributed by atoms with E-state index < -0.39 is 0 Å². The maximum absolute atomic E-state index is 8.88. The lowest BCUT2D eigenvalue weighted by atomic mass is 9.82. The minimum absolute atomic E-state index is 0.583. The topological polar surface area (TPSA) is 95.5 Å². The molecule has 3 aromatic carbocycles. The molecular weight excluding hydrogens is 691 g/mol. The number of rotatable bonds is 1. The van der Waals surface area contributed by atoms with E-state index >= 15 is 0 Å². The predicted molar refractivity (Wildman–Crippen MR) is 234 cm³/mol. The first kappa shape index (κ1) is 51.6. The highest BCUT2D eigenvalue weighted by molar-refractivity contribution is 5.32. The Labute approximate surface area is 342 Å². The van der Waals surface area contributed by atoms with Crippen LogP contribution in [0.5, 0.6) is 5.75 Å². The van der Waals surface area contributed by atoms with Crippen molar-refractivity contribution in [1.82, 2.24) is 0 Å². The van der Waals surface area contributed by atoms with Crippen LogP contribution in [0.15, 0.2) is 108 Å². The maximum atomic E-state index is 8.88. The Bertz CT molecular complexity index is 1300. The van der Waals surface area contributed by atoms with Crippen LogP contribution in [0.1, 0.15) is 119 Å². The fraction of sp³-hybridized carbons (Fsp3) is 0.580. The molecule has 3 aromatic rings. The number of ether oxygens (including phenoxy) is 2. The van der Waals surface area contributed by atoms with Crippen LogP contribution in [-0.2, 0) is 9.53 Å². The van der Waals surface area contributed by atoms with Crippen molar-refractivity contribution in [2.24, 2.45) is 58.3 Å². The lowest BCUT2D eigenvalue weighted by Crippen LogP contribution is -2.15. The monoisotopic (exact) mass is 766 g/mol. The summed E-state index contributed by atoms with van der Waals surface area (Å²) in [6.07, 6.45) is 21.8. The van der Waals surface area contributed by atoms with Crippen LogP contribution in [0.2, 0.25) is 0 Å². The Morgan fingerprint density at radius 3 is 1.12 bits per heavy atom. The standard InChI is InChI=1S/C11H18.C10H16.C7H5NO.2C6H6.2C2H3NO.3C2H6/c1-7-4-10-8-2-3-9(6-8)11(10)5-7;1-2-9-7-4-5-8(6-7)10(9)3-1;8-6-9-7-4-2-1-3-5-7;2*1-2-4-6-5-3-1;1-4-2-3;1-3-2-4;3*1-2/h7-11H,2-6H2,1H3;7-10H,1-6H2;1-5H;2*1-6H;2*1H3;3*1-2H3. The summed E-state index contributed by atoms with van der Waals surface area (Å²) >= 11 is 0. The Kier molecular flexibility index (Phi) is 32.3. The van der Waals surface area contributed by atoms with Crippen LogP contribution in [0.4, 0.5) is 0 Å². The predicted octanol–water partition coefficient (Wildman–Crippen LogP) is 14.0. The van der Waals surface area contributed by atoms with Gasteiger partial charge in [0.1, 0.15) is 5.75 Å². The van der Waals surface area contributed by atoms with Crippen molar-refractivity contribution in [3.05, 3.63) is 103 Å². The van der Waals surface area contributed by atoms with Gasteiger partial charge in [-0.2, -0.15) is 5.26 Å². The zero-order valence-corrected chi connectivity index (χ0v) is 36.4. The quantitative estimate of drug-likeness (QED) is 0.140. The van der Waals surface area contributed by atoms with Crippen LogP contribution in [0.25, 0.3) is 0 Å². The number of aliphatic imine (C=N–C) groups is 1. The summed E-state index contributed by atoms with van der Waals surface area (Å²) in [7, 11) is 2.70. The highest BCUT2D eigenvalue weighted by atomic mass is 16.5. The number of hydrogen-bond donors (Lipinski definition) is 0. The first-order valence-corrected chi connectivity index (χ1v) is 21.5. The molecule has 9 rings (SSSR count). The molecule has 308 valence electrons. The summed E-state index contributed by atoms with van der Waals surface area (Å²) in [5.41, 5.74) is 0. The molecule has 0 spiro atoms. The maximum Gasteiger partial charge on any atom is 0.292 e. The minimum atomic E-state index is 0.583. The van der Waals surface area contributed by atoms with E-state index in [1.54, 1.807) is 89.0 Å². The average molecular weight is 766 g/mol. The smallest absolute Gasteiger partial charge is 0.292 e. The first-order chi connectivity index (χ1) is 27.6. The summed E-state index contributed by atoms with van der Waals surface area (Å²) in [4.78, 5) is 11.8. The minimum Gasteiger partial charge on any atom is -0.431 e. The molecule has 6 aliphatic rings. The molecule has 6 heteroatoms. The fourth-order valence-electron chi connectivity index (χ4n) is 9.62. The van der Waals surface area contributed by atoms with Crippen LogP contribution < -0.4 is 4.74 Å². The number of carbonyl (C=O) groups excluding carboxylic acids is 1. The van der Waals surface area contributed by atoms with Crippen molar-refractivity contribution in [2.75, 3.05) is 14.2 Å². The molecule has 8 atom stereocenters. The third-order valence-corrected chi connectivity index (χ3v) is 11.4. The van der Waals surface area contributed by atoms with Crippen LogP contribution in [-0.4, -0.2) is 20.2 Å². The molecule has 6 nitrogen and oxygen atoms in total. The van der Waals surface area contributed by atoms with Crippen molar-refractivity contribution in [3.63, 3.8) is 0 Å². The van der Waals surface area contributed by atoms with Crippen molar-refractivity contribution in [2.45, 2.75) is 119 Å². The van der Waals surface area contributed by atoms with Gasteiger partial charge in [-0.15, -0.1) is 5.26 Å². The molecule has 8 unspecified atom stereocenters. The second kappa shape index (κ2) is 35.1. The van der Waals surface area contributed by atoms with Crippen molar-refractivity contribution in [3.8, 4) is 18.3 Å². The van der Waals surface area contributed by atoms with Gasteiger partial charge in [0.2, 0.25) is 6.08 Å². The molecule has 56 heavy (non-hydrogen) atoms. The second-order valence-electron chi connectivity index (χ2n) is 14.3. The van der Waals surface area contributed by atoms with Gasteiger partial charge in [-0.1, -0.05) is 146 Å². The Hall–Kier alpha value is -4.38. The molecule has 0 heterocycles. The highest BCUT2D eigenvalue weighted by Gasteiger charge is 2.51. The fourth-order valence-corrected chi connectivity index (χ4v) is 9.62. The van der Waals surface area contributed by atoms with E-state index in [0.717, 1.165) is 5.92 Å². The van der Waals surface area contributed by atoms with E-state index in [4.69, 9.17) is 15.3 Å². The summed E-state index contributed by atoms with van der Waals surface area (Å²) in [6, 6.07) is 32.9. The highest BCUT2D eigenvalue weighted by Crippen LogP contribution is 2.60. The summed E-state index contributed by atoms with van der Waals surface area (Å²) < 4.78 is 8.36. The molecule has 0 radical (unpaired) electrons.